The van der Waals surface area contributed by atoms with E-state index in [1.54, 1.807) is 24.4 Å². The number of nitrogens with zero attached hydrogens (tertiary/aromatic N) is 3. The van der Waals surface area contributed by atoms with Crippen molar-refractivity contribution in [2.45, 2.75) is 23.8 Å². The van der Waals surface area contributed by atoms with Crippen LogP contribution in [0.15, 0.2) is 59.6 Å². The summed E-state index contributed by atoms with van der Waals surface area (Å²) in [5.74, 6) is 0.376. The van der Waals surface area contributed by atoms with E-state index in [0.29, 0.717) is 17.3 Å². The summed E-state index contributed by atoms with van der Waals surface area (Å²) in [6.07, 6.45) is 2.75. The van der Waals surface area contributed by atoms with Gasteiger partial charge in [0.1, 0.15) is 6.10 Å². The average molecular weight is 399 g/mol. The summed E-state index contributed by atoms with van der Waals surface area (Å²) < 4.78 is 39.1. The van der Waals surface area contributed by atoms with Crippen molar-refractivity contribution in [2.24, 2.45) is 0 Å². The molecule has 1 aliphatic rings. The molecular formula is C20H21N3O4S. The molecule has 28 heavy (non-hydrogen) atoms. The predicted molar refractivity (Wildman–Crippen MR) is 105 cm³/mol. The first-order valence-corrected chi connectivity index (χ1v) is 10.5. The van der Waals surface area contributed by atoms with E-state index in [-0.39, 0.29) is 18.7 Å². The van der Waals surface area contributed by atoms with E-state index in [0.717, 1.165) is 23.6 Å². The standard InChI is InChI=1S/C20H21N3O4S/c1-26-20-21-12-11-19(22-20)27-16-8-5-13-23(14-16)28(24,25)18-10-4-7-15-6-2-3-9-17(15)18/h2-4,6-7,9-12,16H,5,8,13-14H2,1H3. The van der Waals surface area contributed by atoms with Crippen molar-refractivity contribution in [2.75, 3.05) is 20.2 Å². The number of hydrogen-bond acceptors (Lipinski definition) is 6. The number of sulfonamides is 1. The third kappa shape index (κ3) is 3.65. The van der Waals surface area contributed by atoms with Crippen molar-refractivity contribution in [1.82, 2.24) is 14.3 Å². The molecule has 7 nitrogen and oxygen atoms in total. The van der Waals surface area contributed by atoms with E-state index in [4.69, 9.17) is 9.47 Å². The molecular weight excluding hydrogens is 378 g/mol. The maximum atomic E-state index is 13.3. The lowest BCUT2D eigenvalue weighted by atomic mass is 10.1. The zero-order valence-electron chi connectivity index (χ0n) is 15.5. The minimum Gasteiger partial charge on any atom is -0.473 e. The number of methoxy groups -OCH3 is 1. The van der Waals surface area contributed by atoms with Crippen LogP contribution in [-0.2, 0) is 10.0 Å². The van der Waals surface area contributed by atoms with Crippen molar-refractivity contribution < 1.29 is 17.9 Å². The smallest absolute Gasteiger partial charge is 0.319 e. The van der Waals surface area contributed by atoms with Crippen LogP contribution in [0.2, 0.25) is 0 Å². The van der Waals surface area contributed by atoms with Crippen molar-refractivity contribution in [3.8, 4) is 11.9 Å². The van der Waals surface area contributed by atoms with Gasteiger partial charge in [-0.3, -0.25) is 0 Å². The molecule has 2 aromatic carbocycles. The highest BCUT2D eigenvalue weighted by Gasteiger charge is 2.32. The van der Waals surface area contributed by atoms with Gasteiger partial charge in [0, 0.05) is 24.2 Å². The van der Waals surface area contributed by atoms with Crippen LogP contribution >= 0.6 is 0 Å². The largest absolute Gasteiger partial charge is 0.473 e. The molecule has 0 spiro atoms. The molecule has 1 aromatic heterocycles. The molecule has 1 aliphatic heterocycles. The van der Waals surface area contributed by atoms with Gasteiger partial charge in [-0.25, -0.2) is 13.4 Å². The number of hydrogen-bond donors (Lipinski definition) is 0. The minimum atomic E-state index is -3.63. The molecule has 0 saturated carbocycles. The molecule has 8 heteroatoms. The summed E-state index contributed by atoms with van der Waals surface area (Å²) >= 11 is 0. The Hall–Kier alpha value is -2.71. The number of fused-ring (bicyclic) bond motifs is 1. The van der Waals surface area contributed by atoms with Crippen LogP contribution in [0.1, 0.15) is 12.8 Å². The van der Waals surface area contributed by atoms with Gasteiger partial charge in [0.25, 0.3) is 0 Å². The second-order valence-corrected chi connectivity index (χ2v) is 8.51. The van der Waals surface area contributed by atoms with Crippen molar-refractivity contribution in [3.05, 3.63) is 54.7 Å². The molecule has 0 amide bonds. The van der Waals surface area contributed by atoms with Crippen molar-refractivity contribution >= 4 is 20.8 Å². The lowest BCUT2D eigenvalue weighted by molar-refractivity contribution is 0.123. The molecule has 0 aliphatic carbocycles. The van der Waals surface area contributed by atoms with E-state index in [1.165, 1.54) is 11.4 Å². The molecule has 0 N–H and O–H groups in total. The molecule has 1 fully saturated rings. The molecule has 4 rings (SSSR count). The van der Waals surface area contributed by atoms with Gasteiger partial charge >= 0.3 is 6.01 Å². The zero-order valence-corrected chi connectivity index (χ0v) is 16.3. The Labute approximate surface area is 164 Å². The van der Waals surface area contributed by atoms with Crippen LogP contribution in [0, 0.1) is 0 Å². The Morgan fingerprint density at radius 3 is 2.79 bits per heavy atom. The Balaban J connectivity index is 1.58. The first kappa shape index (κ1) is 18.6. The van der Waals surface area contributed by atoms with E-state index >= 15 is 0 Å². The van der Waals surface area contributed by atoms with Crippen LogP contribution < -0.4 is 9.47 Å². The molecule has 1 unspecified atom stereocenters. The number of piperidine rings is 1. The van der Waals surface area contributed by atoms with Gasteiger partial charge in [-0.2, -0.15) is 9.29 Å². The lowest BCUT2D eigenvalue weighted by Crippen LogP contribution is -2.44. The first-order valence-electron chi connectivity index (χ1n) is 9.09. The highest BCUT2D eigenvalue weighted by molar-refractivity contribution is 7.89. The summed E-state index contributed by atoms with van der Waals surface area (Å²) in [7, 11) is -2.15. The topological polar surface area (TPSA) is 81.6 Å². The molecule has 1 saturated heterocycles. The summed E-state index contributed by atoms with van der Waals surface area (Å²) in [6, 6.07) is 14.7. The quantitative estimate of drug-likeness (QED) is 0.656. The fraction of sp³-hybridized carbons (Fsp3) is 0.300. The molecule has 0 bridgehead atoms. The highest BCUT2D eigenvalue weighted by atomic mass is 32.2. The van der Waals surface area contributed by atoms with Gasteiger partial charge in [-0.15, -0.1) is 0 Å². The molecule has 1 atom stereocenters. The molecule has 0 radical (unpaired) electrons. The average Bonchev–Trinajstić information content (AvgIpc) is 2.73. The van der Waals surface area contributed by atoms with E-state index in [1.807, 2.05) is 30.3 Å². The number of aromatic nitrogens is 2. The number of benzene rings is 2. The SMILES string of the molecule is COc1nccc(OC2CCCN(S(=O)(=O)c3cccc4ccccc34)C2)n1. The van der Waals surface area contributed by atoms with Gasteiger partial charge in [0.2, 0.25) is 15.9 Å². The number of ether oxygens (including phenoxy) is 2. The third-order valence-corrected chi connectivity index (χ3v) is 6.71. The van der Waals surface area contributed by atoms with E-state index in [9.17, 15) is 8.42 Å². The lowest BCUT2D eigenvalue weighted by Gasteiger charge is -2.32. The van der Waals surface area contributed by atoms with Gasteiger partial charge in [0.15, 0.2) is 0 Å². The predicted octanol–water partition coefficient (Wildman–Crippen LogP) is 2.87. The summed E-state index contributed by atoms with van der Waals surface area (Å²) in [5.41, 5.74) is 0. The number of rotatable bonds is 5. The van der Waals surface area contributed by atoms with E-state index < -0.39 is 10.0 Å². The third-order valence-electron chi connectivity index (χ3n) is 4.79. The molecule has 3 aromatic rings. The minimum absolute atomic E-state index is 0.216. The van der Waals surface area contributed by atoms with Crippen LogP contribution in [0.3, 0.4) is 0 Å². The Bertz CT molecular complexity index is 1080. The fourth-order valence-electron chi connectivity index (χ4n) is 3.44. The van der Waals surface area contributed by atoms with Crippen molar-refractivity contribution in [3.63, 3.8) is 0 Å². The summed E-state index contributed by atoms with van der Waals surface area (Å²) in [5, 5.41) is 1.63. The summed E-state index contributed by atoms with van der Waals surface area (Å²) in [4.78, 5) is 8.43. The Kier molecular flexibility index (Phi) is 5.15. The van der Waals surface area contributed by atoms with Crippen LogP contribution in [-0.4, -0.2) is 49.0 Å². The molecule has 2 heterocycles. The van der Waals surface area contributed by atoms with Crippen LogP contribution in [0.4, 0.5) is 0 Å². The van der Waals surface area contributed by atoms with Gasteiger partial charge in [-0.1, -0.05) is 36.4 Å². The maximum Gasteiger partial charge on any atom is 0.319 e. The van der Waals surface area contributed by atoms with Crippen LogP contribution in [0.25, 0.3) is 10.8 Å². The normalized spacial score (nSPS) is 18.1. The maximum absolute atomic E-state index is 13.3. The molecule has 146 valence electrons. The van der Waals surface area contributed by atoms with Crippen LogP contribution in [0.5, 0.6) is 11.9 Å². The zero-order chi connectivity index (χ0) is 19.6. The first-order chi connectivity index (χ1) is 13.6. The summed E-state index contributed by atoms with van der Waals surface area (Å²) in [6.45, 7) is 0.746. The Morgan fingerprint density at radius 2 is 1.93 bits per heavy atom. The highest BCUT2D eigenvalue weighted by Crippen LogP contribution is 2.28. The second kappa shape index (κ2) is 7.73. The fourth-order valence-corrected chi connectivity index (χ4v) is 5.16. The second-order valence-electron chi connectivity index (χ2n) is 6.60. The Morgan fingerprint density at radius 1 is 1.11 bits per heavy atom. The van der Waals surface area contributed by atoms with Gasteiger partial charge < -0.3 is 9.47 Å². The monoisotopic (exact) mass is 399 g/mol. The van der Waals surface area contributed by atoms with Gasteiger partial charge in [0.05, 0.1) is 18.6 Å². The van der Waals surface area contributed by atoms with Crippen molar-refractivity contribution in [1.29, 1.82) is 0 Å². The van der Waals surface area contributed by atoms with E-state index in [2.05, 4.69) is 9.97 Å². The van der Waals surface area contributed by atoms with Gasteiger partial charge in [-0.05, 0) is 24.3 Å².